The molecule has 0 aromatic heterocycles. The Morgan fingerprint density at radius 3 is 2.36 bits per heavy atom. The minimum absolute atomic E-state index is 0.577. The van der Waals surface area contributed by atoms with Crippen LogP contribution in [0.5, 0.6) is 0 Å². The summed E-state index contributed by atoms with van der Waals surface area (Å²) in [6.45, 7) is 4.15. The Labute approximate surface area is 88.6 Å². The number of hydrogen-bond donors (Lipinski definition) is 2. The monoisotopic (exact) mass is 198 g/mol. The Kier molecular flexibility index (Phi) is 6.20. The second-order valence-electron chi connectivity index (χ2n) is 4.55. The van der Waals surface area contributed by atoms with Crippen molar-refractivity contribution in [2.75, 3.05) is 13.1 Å². The zero-order valence-electron chi connectivity index (χ0n) is 9.60. The number of hydrogen-bond acceptors (Lipinski definition) is 2. The molecule has 84 valence electrons. The molecule has 0 aliphatic heterocycles. The fourth-order valence-corrected chi connectivity index (χ4v) is 2.49. The quantitative estimate of drug-likeness (QED) is 0.665. The highest BCUT2D eigenvalue weighted by Gasteiger charge is 2.20. The molecule has 0 saturated heterocycles. The van der Waals surface area contributed by atoms with E-state index in [9.17, 15) is 0 Å². The summed E-state index contributed by atoms with van der Waals surface area (Å²) in [6.07, 6.45) is 9.67. The Morgan fingerprint density at radius 1 is 1.21 bits per heavy atom. The summed E-state index contributed by atoms with van der Waals surface area (Å²) >= 11 is 0. The van der Waals surface area contributed by atoms with Crippen molar-refractivity contribution < 1.29 is 0 Å². The smallest absolute Gasteiger partial charge is 0.0218 e. The first-order valence-electron chi connectivity index (χ1n) is 6.32. The van der Waals surface area contributed by atoms with Crippen LogP contribution >= 0.6 is 0 Å². The fourth-order valence-electron chi connectivity index (χ4n) is 2.49. The van der Waals surface area contributed by atoms with Gasteiger partial charge in [-0.1, -0.05) is 32.6 Å². The Balaban J connectivity index is 2.32. The Morgan fingerprint density at radius 2 is 1.86 bits per heavy atom. The predicted molar refractivity (Wildman–Crippen MR) is 62.3 cm³/mol. The van der Waals surface area contributed by atoms with E-state index in [1.165, 1.54) is 44.9 Å². The van der Waals surface area contributed by atoms with Gasteiger partial charge in [0, 0.05) is 12.6 Å². The summed E-state index contributed by atoms with van der Waals surface area (Å²) < 4.78 is 0. The maximum absolute atomic E-state index is 5.83. The highest BCUT2D eigenvalue weighted by Crippen LogP contribution is 2.25. The van der Waals surface area contributed by atoms with Crippen LogP contribution in [0.4, 0.5) is 0 Å². The van der Waals surface area contributed by atoms with Crippen LogP contribution in [0.1, 0.15) is 51.9 Å². The average Bonchev–Trinajstić information content (AvgIpc) is 2.48. The summed E-state index contributed by atoms with van der Waals surface area (Å²) in [5.41, 5.74) is 5.83. The average molecular weight is 198 g/mol. The normalized spacial score (nSPS) is 21.9. The topological polar surface area (TPSA) is 38.0 Å². The van der Waals surface area contributed by atoms with Crippen molar-refractivity contribution in [1.29, 1.82) is 0 Å². The lowest BCUT2D eigenvalue weighted by molar-refractivity contribution is 0.325. The van der Waals surface area contributed by atoms with E-state index in [1.807, 2.05) is 0 Å². The van der Waals surface area contributed by atoms with Gasteiger partial charge in [0.05, 0.1) is 0 Å². The highest BCUT2D eigenvalue weighted by atomic mass is 14.9. The van der Waals surface area contributed by atoms with Crippen LogP contribution in [0.25, 0.3) is 0 Å². The molecule has 1 unspecified atom stereocenters. The molecule has 1 atom stereocenters. The zero-order valence-corrected chi connectivity index (χ0v) is 9.60. The molecular weight excluding hydrogens is 172 g/mol. The van der Waals surface area contributed by atoms with E-state index < -0.39 is 0 Å². The van der Waals surface area contributed by atoms with Crippen LogP contribution in [-0.4, -0.2) is 19.1 Å². The third-order valence-corrected chi connectivity index (χ3v) is 3.38. The fraction of sp³-hybridized carbons (Fsp3) is 1.00. The number of rotatable bonds is 5. The highest BCUT2D eigenvalue weighted by molar-refractivity contribution is 4.78. The minimum atomic E-state index is 0.577. The third kappa shape index (κ3) is 3.97. The van der Waals surface area contributed by atoms with Crippen molar-refractivity contribution in [2.24, 2.45) is 11.7 Å². The standard InChI is InChI=1S/C12H26N2/c1-2-9-14-12(10-13)11-7-5-3-4-6-8-11/h11-12,14H,2-10,13H2,1H3. The van der Waals surface area contributed by atoms with Gasteiger partial charge in [0.25, 0.3) is 0 Å². The second-order valence-corrected chi connectivity index (χ2v) is 4.55. The van der Waals surface area contributed by atoms with E-state index in [2.05, 4.69) is 12.2 Å². The van der Waals surface area contributed by atoms with Crippen molar-refractivity contribution in [3.05, 3.63) is 0 Å². The van der Waals surface area contributed by atoms with Crippen LogP contribution < -0.4 is 11.1 Å². The molecule has 14 heavy (non-hydrogen) atoms. The van der Waals surface area contributed by atoms with E-state index in [0.29, 0.717) is 6.04 Å². The van der Waals surface area contributed by atoms with Crippen LogP contribution in [0, 0.1) is 5.92 Å². The summed E-state index contributed by atoms with van der Waals surface area (Å²) in [7, 11) is 0. The molecule has 0 amide bonds. The van der Waals surface area contributed by atoms with Gasteiger partial charge in [0.2, 0.25) is 0 Å². The molecule has 1 aliphatic carbocycles. The summed E-state index contributed by atoms with van der Waals surface area (Å²) in [5, 5.41) is 3.59. The van der Waals surface area contributed by atoms with Crippen LogP contribution in [0.3, 0.4) is 0 Å². The molecule has 1 rings (SSSR count). The largest absolute Gasteiger partial charge is 0.329 e. The summed E-state index contributed by atoms with van der Waals surface area (Å²) in [5.74, 6) is 0.842. The molecule has 1 aliphatic rings. The van der Waals surface area contributed by atoms with Crippen LogP contribution in [0.2, 0.25) is 0 Å². The van der Waals surface area contributed by atoms with Gasteiger partial charge in [0.1, 0.15) is 0 Å². The molecular formula is C12H26N2. The SMILES string of the molecule is CCCNC(CN)C1CCCCCC1. The minimum Gasteiger partial charge on any atom is -0.329 e. The Hall–Kier alpha value is -0.0800. The van der Waals surface area contributed by atoms with Gasteiger partial charge in [-0.05, 0) is 31.7 Å². The molecule has 0 radical (unpaired) electrons. The van der Waals surface area contributed by atoms with E-state index in [-0.39, 0.29) is 0 Å². The first-order chi connectivity index (χ1) is 6.88. The number of nitrogens with one attached hydrogen (secondary N) is 1. The van der Waals surface area contributed by atoms with E-state index in [0.717, 1.165) is 19.0 Å². The summed E-state index contributed by atoms with van der Waals surface area (Å²) in [4.78, 5) is 0. The van der Waals surface area contributed by atoms with E-state index in [4.69, 9.17) is 5.73 Å². The van der Waals surface area contributed by atoms with E-state index >= 15 is 0 Å². The van der Waals surface area contributed by atoms with Gasteiger partial charge in [-0.2, -0.15) is 0 Å². The molecule has 0 spiro atoms. The molecule has 0 bridgehead atoms. The summed E-state index contributed by atoms with van der Waals surface area (Å²) in [6, 6.07) is 0.577. The van der Waals surface area contributed by atoms with Crippen molar-refractivity contribution in [3.8, 4) is 0 Å². The first kappa shape index (κ1) is 12.0. The lowest BCUT2D eigenvalue weighted by atomic mass is 9.92. The maximum atomic E-state index is 5.83. The molecule has 0 aromatic carbocycles. The molecule has 2 nitrogen and oxygen atoms in total. The van der Waals surface area contributed by atoms with Crippen LogP contribution in [0.15, 0.2) is 0 Å². The van der Waals surface area contributed by atoms with Gasteiger partial charge in [-0.15, -0.1) is 0 Å². The zero-order chi connectivity index (χ0) is 10.2. The molecule has 3 N–H and O–H groups in total. The number of nitrogens with two attached hydrogens (primary N) is 1. The Bertz CT molecular complexity index is 128. The van der Waals surface area contributed by atoms with Gasteiger partial charge in [-0.3, -0.25) is 0 Å². The van der Waals surface area contributed by atoms with Crippen molar-refractivity contribution >= 4 is 0 Å². The lowest BCUT2D eigenvalue weighted by Crippen LogP contribution is -2.42. The predicted octanol–water partition coefficient (Wildman–Crippen LogP) is 2.28. The van der Waals surface area contributed by atoms with Crippen LogP contribution in [-0.2, 0) is 0 Å². The van der Waals surface area contributed by atoms with Crippen molar-refractivity contribution in [1.82, 2.24) is 5.32 Å². The van der Waals surface area contributed by atoms with Gasteiger partial charge in [-0.25, -0.2) is 0 Å². The molecule has 1 fully saturated rings. The molecule has 0 aromatic rings. The van der Waals surface area contributed by atoms with Gasteiger partial charge < -0.3 is 11.1 Å². The lowest BCUT2D eigenvalue weighted by Gasteiger charge is -2.25. The second kappa shape index (κ2) is 7.24. The maximum Gasteiger partial charge on any atom is 0.0218 e. The third-order valence-electron chi connectivity index (χ3n) is 3.38. The molecule has 2 heteroatoms. The van der Waals surface area contributed by atoms with Gasteiger partial charge in [0.15, 0.2) is 0 Å². The van der Waals surface area contributed by atoms with Gasteiger partial charge >= 0.3 is 0 Å². The van der Waals surface area contributed by atoms with Crippen molar-refractivity contribution in [3.63, 3.8) is 0 Å². The first-order valence-corrected chi connectivity index (χ1v) is 6.32. The molecule has 0 heterocycles. The molecule has 1 saturated carbocycles. The van der Waals surface area contributed by atoms with Crippen molar-refractivity contribution in [2.45, 2.75) is 57.9 Å². The van der Waals surface area contributed by atoms with E-state index in [1.54, 1.807) is 0 Å².